The van der Waals surface area contributed by atoms with E-state index in [1.807, 2.05) is 30.5 Å². The van der Waals surface area contributed by atoms with Crippen LogP contribution in [0.5, 0.6) is 0 Å². The van der Waals surface area contributed by atoms with Crippen molar-refractivity contribution in [3.63, 3.8) is 0 Å². The summed E-state index contributed by atoms with van der Waals surface area (Å²) >= 11 is 0. The molecule has 8 nitrogen and oxygen atoms in total. The summed E-state index contributed by atoms with van der Waals surface area (Å²) in [5.41, 5.74) is 4.21. The zero-order chi connectivity index (χ0) is 25.3. The number of hydrogen-bond donors (Lipinski definition) is 3. The molecule has 0 saturated carbocycles. The summed E-state index contributed by atoms with van der Waals surface area (Å²) in [6.45, 7) is -1.33. The van der Waals surface area contributed by atoms with Crippen LogP contribution in [0.25, 0.3) is 33.4 Å². The molecule has 0 bridgehead atoms. The van der Waals surface area contributed by atoms with E-state index in [1.165, 1.54) is 6.07 Å². The molecule has 11 heteroatoms. The fraction of sp³-hybridized carbons (Fsp3) is 0.120. The van der Waals surface area contributed by atoms with Gasteiger partial charge in [0.1, 0.15) is 18.1 Å². The summed E-state index contributed by atoms with van der Waals surface area (Å²) in [6, 6.07) is 16.4. The molecule has 0 spiro atoms. The second-order valence-corrected chi connectivity index (χ2v) is 8.22. The first-order valence-electron chi connectivity index (χ1n) is 10.9. The Morgan fingerprint density at radius 3 is 2.53 bits per heavy atom. The number of benzene rings is 2. The van der Waals surface area contributed by atoms with Crippen molar-refractivity contribution < 1.29 is 18.0 Å². The highest BCUT2D eigenvalue weighted by atomic mass is 19.4. The third kappa shape index (κ3) is 5.04. The van der Waals surface area contributed by atoms with Crippen molar-refractivity contribution in [2.45, 2.75) is 6.18 Å². The SMILES string of the molecule is CN(CC(F)(F)F)C(=O)c1cc2ccc(-c3nccc(Nc4ccc(-c5cn[nH]c5)cc4)n3)cc2[nH]1. The van der Waals surface area contributed by atoms with Crippen LogP contribution in [-0.4, -0.2) is 55.7 Å². The lowest BCUT2D eigenvalue weighted by Crippen LogP contribution is -2.35. The molecular weight excluding hydrogens is 471 g/mol. The van der Waals surface area contributed by atoms with Crippen LogP contribution >= 0.6 is 0 Å². The van der Waals surface area contributed by atoms with E-state index in [0.29, 0.717) is 33.0 Å². The lowest BCUT2D eigenvalue weighted by Gasteiger charge is -2.17. The molecule has 0 aliphatic carbocycles. The van der Waals surface area contributed by atoms with Gasteiger partial charge in [0.15, 0.2) is 5.82 Å². The Kier molecular flexibility index (Phi) is 5.88. The van der Waals surface area contributed by atoms with Crippen LogP contribution in [0.1, 0.15) is 10.5 Å². The summed E-state index contributed by atoms with van der Waals surface area (Å²) in [5.74, 6) is 0.298. The van der Waals surface area contributed by atoms with E-state index in [9.17, 15) is 18.0 Å². The molecule has 3 heterocycles. The van der Waals surface area contributed by atoms with Crippen molar-refractivity contribution in [1.29, 1.82) is 0 Å². The Hall–Kier alpha value is -4.67. The molecule has 0 aliphatic rings. The summed E-state index contributed by atoms with van der Waals surface area (Å²) in [5, 5.41) is 10.7. The van der Waals surface area contributed by atoms with E-state index >= 15 is 0 Å². The van der Waals surface area contributed by atoms with Crippen LogP contribution in [0.4, 0.5) is 24.7 Å². The van der Waals surface area contributed by atoms with Crippen LogP contribution < -0.4 is 5.32 Å². The summed E-state index contributed by atoms with van der Waals surface area (Å²) in [6.07, 6.45) is 0.728. The second kappa shape index (κ2) is 9.17. The van der Waals surface area contributed by atoms with Crippen LogP contribution in [0, 0.1) is 0 Å². The third-order valence-corrected chi connectivity index (χ3v) is 5.52. The highest BCUT2D eigenvalue weighted by molar-refractivity contribution is 5.98. The van der Waals surface area contributed by atoms with Gasteiger partial charge in [-0.2, -0.15) is 18.3 Å². The Labute approximate surface area is 203 Å². The van der Waals surface area contributed by atoms with Crippen molar-refractivity contribution in [1.82, 2.24) is 30.0 Å². The highest BCUT2D eigenvalue weighted by Crippen LogP contribution is 2.26. The number of aromatic amines is 2. The second-order valence-electron chi connectivity index (χ2n) is 8.22. The minimum absolute atomic E-state index is 0.0732. The van der Waals surface area contributed by atoms with E-state index in [1.54, 1.807) is 36.7 Å². The maximum absolute atomic E-state index is 12.6. The Morgan fingerprint density at radius 1 is 1.03 bits per heavy atom. The van der Waals surface area contributed by atoms with Gasteiger partial charge in [-0.3, -0.25) is 9.89 Å². The van der Waals surface area contributed by atoms with E-state index in [4.69, 9.17) is 0 Å². The van der Waals surface area contributed by atoms with Gasteiger partial charge in [0.25, 0.3) is 5.91 Å². The van der Waals surface area contributed by atoms with E-state index in [2.05, 4.69) is 30.5 Å². The van der Waals surface area contributed by atoms with Gasteiger partial charge < -0.3 is 15.2 Å². The van der Waals surface area contributed by atoms with Gasteiger partial charge in [-0.1, -0.05) is 24.3 Å². The Bertz CT molecular complexity index is 1510. The molecule has 0 saturated heterocycles. The zero-order valence-electron chi connectivity index (χ0n) is 19.0. The molecule has 5 rings (SSSR count). The minimum Gasteiger partial charge on any atom is -0.351 e. The van der Waals surface area contributed by atoms with Crippen LogP contribution in [0.3, 0.4) is 0 Å². The molecule has 0 fully saturated rings. The average Bonchev–Trinajstić information content (AvgIpc) is 3.53. The van der Waals surface area contributed by atoms with Gasteiger partial charge in [-0.05, 0) is 35.9 Å². The summed E-state index contributed by atoms with van der Waals surface area (Å²) in [7, 11) is 1.12. The van der Waals surface area contributed by atoms with E-state index in [0.717, 1.165) is 23.9 Å². The quantitative estimate of drug-likeness (QED) is 0.296. The smallest absolute Gasteiger partial charge is 0.351 e. The predicted octanol–water partition coefficient (Wildman–Crippen LogP) is 5.39. The number of halogens is 3. The first-order chi connectivity index (χ1) is 17.2. The molecular formula is C25H20F3N7O. The molecule has 5 aromatic rings. The molecule has 1 amide bonds. The van der Waals surface area contributed by atoms with Crippen molar-refractivity contribution in [3.05, 3.63) is 78.9 Å². The third-order valence-electron chi connectivity index (χ3n) is 5.52. The first kappa shape index (κ1) is 23.1. The lowest BCUT2D eigenvalue weighted by atomic mass is 10.1. The van der Waals surface area contributed by atoms with Crippen molar-refractivity contribution in [3.8, 4) is 22.5 Å². The van der Waals surface area contributed by atoms with Gasteiger partial charge in [-0.25, -0.2) is 9.97 Å². The summed E-state index contributed by atoms with van der Waals surface area (Å²) in [4.78, 5) is 24.9. The number of H-pyrrole nitrogens is 2. The fourth-order valence-corrected chi connectivity index (χ4v) is 3.80. The molecule has 3 aromatic heterocycles. The van der Waals surface area contributed by atoms with Crippen molar-refractivity contribution in [2.24, 2.45) is 0 Å². The minimum atomic E-state index is -4.47. The fourth-order valence-electron chi connectivity index (χ4n) is 3.80. The molecule has 0 atom stereocenters. The normalized spacial score (nSPS) is 11.6. The Balaban J connectivity index is 1.34. The van der Waals surface area contributed by atoms with Crippen molar-refractivity contribution >= 4 is 28.3 Å². The summed E-state index contributed by atoms with van der Waals surface area (Å²) < 4.78 is 37.9. The van der Waals surface area contributed by atoms with Crippen LogP contribution in [0.2, 0.25) is 0 Å². The largest absolute Gasteiger partial charge is 0.406 e. The number of aromatic nitrogens is 5. The zero-order valence-corrected chi connectivity index (χ0v) is 19.0. The maximum Gasteiger partial charge on any atom is 0.406 e. The number of carbonyl (C=O) groups is 1. The van der Waals surface area contributed by atoms with Crippen molar-refractivity contribution in [2.75, 3.05) is 18.9 Å². The lowest BCUT2D eigenvalue weighted by molar-refractivity contribution is -0.138. The molecule has 0 aliphatic heterocycles. The molecule has 36 heavy (non-hydrogen) atoms. The van der Waals surface area contributed by atoms with Crippen LogP contribution in [0.15, 0.2) is 73.2 Å². The molecule has 182 valence electrons. The number of nitrogens with one attached hydrogen (secondary N) is 3. The van der Waals surface area contributed by atoms with E-state index < -0.39 is 18.6 Å². The van der Waals surface area contributed by atoms with Gasteiger partial charge in [-0.15, -0.1) is 0 Å². The number of anilines is 2. The first-order valence-corrected chi connectivity index (χ1v) is 10.9. The molecule has 0 radical (unpaired) electrons. The number of nitrogens with zero attached hydrogens (tertiary/aromatic N) is 4. The monoisotopic (exact) mass is 491 g/mol. The standard InChI is InChI=1S/C25H20F3N7O/c1-35(14-25(26,27)28)24(36)21-10-16-2-3-17(11-20(16)33-21)23-29-9-8-22(34-23)32-19-6-4-15(5-7-19)18-12-30-31-13-18/h2-13,33H,14H2,1H3,(H,30,31)(H,29,32,34). The number of amides is 1. The molecule has 0 unspecified atom stereocenters. The van der Waals surface area contributed by atoms with Gasteiger partial charge in [0.05, 0.1) is 6.20 Å². The van der Waals surface area contributed by atoms with Gasteiger partial charge in [0.2, 0.25) is 0 Å². The molecule has 3 N–H and O–H groups in total. The maximum atomic E-state index is 12.6. The van der Waals surface area contributed by atoms with Gasteiger partial charge in [0, 0.05) is 47.2 Å². The van der Waals surface area contributed by atoms with Crippen LogP contribution in [-0.2, 0) is 0 Å². The number of hydrogen-bond acceptors (Lipinski definition) is 5. The predicted molar refractivity (Wildman–Crippen MR) is 130 cm³/mol. The molecule has 2 aromatic carbocycles. The number of alkyl halides is 3. The number of carbonyl (C=O) groups excluding carboxylic acids is 1. The van der Waals surface area contributed by atoms with E-state index in [-0.39, 0.29) is 5.69 Å². The average molecular weight is 491 g/mol. The highest BCUT2D eigenvalue weighted by Gasteiger charge is 2.31. The number of rotatable bonds is 6. The van der Waals surface area contributed by atoms with Gasteiger partial charge >= 0.3 is 6.18 Å². The number of fused-ring (bicyclic) bond motifs is 1. The topological polar surface area (TPSA) is 103 Å². The Morgan fingerprint density at radius 2 is 1.81 bits per heavy atom.